The third-order valence-corrected chi connectivity index (χ3v) is 5.49. The number of nitrogens with one attached hydrogen (secondary N) is 1. The normalized spacial score (nSPS) is 22.0. The minimum absolute atomic E-state index is 0.465. The van der Waals surface area contributed by atoms with E-state index < -0.39 is 0 Å². The number of rotatable bonds is 4. The van der Waals surface area contributed by atoms with Gasteiger partial charge in [0, 0.05) is 50.2 Å². The zero-order chi connectivity index (χ0) is 15.6. The van der Waals surface area contributed by atoms with Crippen LogP contribution in [0.4, 0.5) is 5.13 Å². The first-order chi connectivity index (χ1) is 11.3. The third kappa shape index (κ3) is 3.23. The lowest BCUT2D eigenvalue weighted by Gasteiger charge is -2.23. The fourth-order valence-corrected chi connectivity index (χ4v) is 4.01. The van der Waals surface area contributed by atoms with Crippen LogP contribution in [-0.4, -0.2) is 43.9 Å². The molecule has 1 fully saturated rings. The Labute approximate surface area is 139 Å². The standard InChI is InChI=1S/C15H22N6OS/c1-10-18-19-13-3-2-11(9-21(10)13)8-16-15-17-14(20-23-15)12-4-6-22-7-5-12/h11-12H,2-9H2,1H3,(H,16,17,20). The number of hydrogen-bond acceptors (Lipinski definition) is 7. The second kappa shape index (κ2) is 6.52. The van der Waals surface area contributed by atoms with Gasteiger partial charge < -0.3 is 14.6 Å². The molecule has 0 aliphatic carbocycles. The molecule has 2 aliphatic heterocycles. The molecule has 1 saturated heterocycles. The Morgan fingerprint density at radius 1 is 1.26 bits per heavy atom. The van der Waals surface area contributed by atoms with E-state index in [1.165, 1.54) is 11.5 Å². The predicted octanol–water partition coefficient (Wildman–Crippen LogP) is 2.01. The molecule has 0 aromatic carbocycles. The van der Waals surface area contributed by atoms with Crippen molar-refractivity contribution in [3.8, 4) is 0 Å². The average Bonchev–Trinajstić information content (AvgIpc) is 3.21. The predicted molar refractivity (Wildman–Crippen MR) is 87.8 cm³/mol. The molecule has 1 unspecified atom stereocenters. The third-order valence-electron chi connectivity index (χ3n) is 4.80. The maximum atomic E-state index is 5.41. The molecule has 124 valence electrons. The van der Waals surface area contributed by atoms with Crippen molar-refractivity contribution in [2.75, 3.05) is 25.1 Å². The second-order valence-electron chi connectivity index (χ2n) is 6.40. The maximum absolute atomic E-state index is 5.41. The Bertz CT molecular complexity index is 663. The largest absolute Gasteiger partial charge is 0.381 e. The van der Waals surface area contributed by atoms with Crippen molar-refractivity contribution in [1.82, 2.24) is 24.1 Å². The molecule has 2 aromatic rings. The van der Waals surface area contributed by atoms with Crippen LogP contribution in [0, 0.1) is 12.8 Å². The number of fused-ring (bicyclic) bond motifs is 1. The van der Waals surface area contributed by atoms with Gasteiger partial charge in [0.2, 0.25) is 5.13 Å². The van der Waals surface area contributed by atoms with E-state index in [4.69, 9.17) is 4.74 Å². The van der Waals surface area contributed by atoms with Gasteiger partial charge in [-0.25, -0.2) is 4.98 Å². The van der Waals surface area contributed by atoms with Gasteiger partial charge in [-0.3, -0.25) is 0 Å². The molecule has 8 heteroatoms. The number of ether oxygens (including phenoxy) is 1. The number of aryl methyl sites for hydroxylation is 2. The Balaban J connectivity index is 1.33. The molecule has 0 amide bonds. The Morgan fingerprint density at radius 3 is 3.00 bits per heavy atom. The smallest absolute Gasteiger partial charge is 0.202 e. The summed E-state index contributed by atoms with van der Waals surface area (Å²) in [5.74, 6) is 4.18. The van der Waals surface area contributed by atoms with E-state index in [0.29, 0.717) is 11.8 Å². The summed E-state index contributed by atoms with van der Waals surface area (Å²) in [6, 6.07) is 0. The van der Waals surface area contributed by atoms with Crippen molar-refractivity contribution in [3.63, 3.8) is 0 Å². The van der Waals surface area contributed by atoms with Crippen LogP contribution in [-0.2, 0) is 17.7 Å². The summed E-state index contributed by atoms with van der Waals surface area (Å²) in [6.45, 7) is 5.61. The number of anilines is 1. The summed E-state index contributed by atoms with van der Waals surface area (Å²) in [5, 5.41) is 12.8. The summed E-state index contributed by atoms with van der Waals surface area (Å²) in [6.07, 6.45) is 4.23. The van der Waals surface area contributed by atoms with E-state index in [1.54, 1.807) is 0 Å². The highest BCUT2D eigenvalue weighted by Crippen LogP contribution is 2.27. The number of nitrogens with zero attached hydrogens (tertiary/aromatic N) is 5. The van der Waals surface area contributed by atoms with Gasteiger partial charge in [-0.2, -0.15) is 4.37 Å². The summed E-state index contributed by atoms with van der Waals surface area (Å²) in [7, 11) is 0. The zero-order valence-corrected chi connectivity index (χ0v) is 14.2. The van der Waals surface area contributed by atoms with Crippen LogP contribution in [0.3, 0.4) is 0 Å². The van der Waals surface area contributed by atoms with Crippen LogP contribution in [0.1, 0.15) is 42.7 Å². The summed E-state index contributed by atoms with van der Waals surface area (Å²) in [4.78, 5) is 4.68. The zero-order valence-electron chi connectivity index (χ0n) is 13.4. The minimum atomic E-state index is 0.465. The Hall–Kier alpha value is -1.54. The van der Waals surface area contributed by atoms with E-state index in [1.807, 2.05) is 6.92 Å². The lowest BCUT2D eigenvalue weighted by Crippen LogP contribution is -2.26. The highest BCUT2D eigenvalue weighted by atomic mass is 32.1. The molecule has 0 bridgehead atoms. The fraction of sp³-hybridized carbons (Fsp3) is 0.733. The van der Waals surface area contributed by atoms with Crippen LogP contribution in [0.15, 0.2) is 0 Å². The highest BCUT2D eigenvalue weighted by molar-refractivity contribution is 7.09. The summed E-state index contributed by atoms with van der Waals surface area (Å²) >= 11 is 1.48. The van der Waals surface area contributed by atoms with E-state index >= 15 is 0 Å². The molecule has 2 aliphatic rings. The van der Waals surface area contributed by atoms with E-state index in [0.717, 1.165) is 74.6 Å². The van der Waals surface area contributed by atoms with Crippen molar-refractivity contribution in [1.29, 1.82) is 0 Å². The molecule has 4 rings (SSSR count). The monoisotopic (exact) mass is 334 g/mol. The molecule has 4 heterocycles. The van der Waals surface area contributed by atoms with Crippen LogP contribution in [0.5, 0.6) is 0 Å². The van der Waals surface area contributed by atoms with Gasteiger partial charge in [0.25, 0.3) is 0 Å². The van der Waals surface area contributed by atoms with Gasteiger partial charge >= 0.3 is 0 Å². The molecule has 7 nitrogen and oxygen atoms in total. The van der Waals surface area contributed by atoms with Gasteiger partial charge in [-0.15, -0.1) is 10.2 Å². The molecule has 1 atom stereocenters. The van der Waals surface area contributed by atoms with Crippen LogP contribution in [0.25, 0.3) is 0 Å². The number of aromatic nitrogens is 5. The van der Waals surface area contributed by atoms with E-state index in [-0.39, 0.29) is 0 Å². The van der Waals surface area contributed by atoms with Crippen molar-refractivity contribution in [2.45, 2.75) is 45.1 Å². The molecule has 2 aromatic heterocycles. The molecule has 0 spiro atoms. The minimum Gasteiger partial charge on any atom is -0.381 e. The van der Waals surface area contributed by atoms with Crippen molar-refractivity contribution < 1.29 is 4.74 Å². The first-order valence-corrected chi connectivity index (χ1v) is 9.11. The maximum Gasteiger partial charge on any atom is 0.202 e. The molecule has 0 radical (unpaired) electrons. The van der Waals surface area contributed by atoms with Gasteiger partial charge in [-0.05, 0) is 32.1 Å². The van der Waals surface area contributed by atoms with Crippen LogP contribution < -0.4 is 5.32 Å². The first-order valence-electron chi connectivity index (χ1n) is 8.33. The highest BCUT2D eigenvalue weighted by Gasteiger charge is 2.23. The lowest BCUT2D eigenvalue weighted by molar-refractivity contribution is 0.0838. The molecule has 23 heavy (non-hydrogen) atoms. The second-order valence-corrected chi connectivity index (χ2v) is 7.16. The molecule has 1 N–H and O–H groups in total. The van der Waals surface area contributed by atoms with Gasteiger partial charge in [0.1, 0.15) is 17.5 Å². The Kier molecular flexibility index (Phi) is 4.26. The first kappa shape index (κ1) is 15.0. The van der Waals surface area contributed by atoms with Crippen LogP contribution in [0.2, 0.25) is 0 Å². The topological polar surface area (TPSA) is 77.8 Å². The number of hydrogen-bond donors (Lipinski definition) is 1. The summed E-state index contributed by atoms with van der Waals surface area (Å²) < 4.78 is 12.2. The molecular formula is C15H22N6OS. The average molecular weight is 334 g/mol. The fourth-order valence-electron chi connectivity index (χ4n) is 3.36. The summed E-state index contributed by atoms with van der Waals surface area (Å²) in [5.41, 5.74) is 0. The Morgan fingerprint density at radius 2 is 2.13 bits per heavy atom. The SMILES string of the molecule is Cc1nnc2n1CC(CNc1nc(C3CCOCC3)ns1)CC2. The lowest BCUT2D eigenvalue weighted by atomic mass is 9.99. The van der Waals surface area contributed by atoms with Crippen LogP contribution >= 0.6 is 11.5 Å². The molecule has 0 saturated carbocycles. The van der Waals surface area contributed by atoms with Crippen molar-refractivity contribution in [3.05, 3.63) is 17.5 Å². The van der Waals surface area contributed by atoms with Gasteiger partial charge in [0.15, 0.2) is 0 Å². The van der Waals surface area contributed by atoms with E-state index in [2.05, 4.69) is 29.4 Å². The van der Waals surface area contributed by atoms with Gasteiger partial charge in [0.05, 0.1) is 0 Å². The van der Waals surface area contributed by atoms with Gasteiger partial charge in [-0.1, -0.05) is 0 Å². The van der Waals surface area contributed by atoms with Crippen molar-refractivity contribution in [2.24, 2.45) is 5.92 Å². The van der Waals surface area contributed by atoms with Crippen molar-refractivity contribution >= 4 is 16.7 Å². The quantitative estimate of drug-likeness (QED) is 0.921. The van der Waals surface area contributed by atoms with E-state index in [9.17, 15) is 0 Å². The molecular weight excluding hydrogens is 312 g/mol.